The van der Waals surface area contributed by atoms with Gasteiger partial charge in [0.05, 0.1) is 12.7 Å². The minimum Gasteiger partial charge on any atom is -0.497 e. The Morgan fingerprint density at radius 1 is 1.10 bits per heavy atom. The zero-order chi connectivity index (χ0) is 20.9. The van der Waals surface area contributed by atoms with Crippen molar-refractivity contribution in [3.05, 3.63) is 84.1 Å². The lowest BCUT2D eigenvalue weighted by Crippen LogP contribution is -2.19. The number of ether oxygens (including phenoxy) is 1. The van der Waals surface area contributed by atoms with E-state index in [1.54, 1.807) is 43.6 Å². The van der Waals surface area contributed by atoms with Crippen molar-refractivity contribution in [3.63, 3.8) is 0 Å². The highest BCUT2D eigenvalue weighted by molar-refractivity contribution is 6.01. The smallest absolute Gasteiger partial charge is 0.283 e. The standard InChI is InChI=1S/C22H20N6O2/c1-30-16-10-11-17(18(23)13-16)21(29)28-22(25-14-15-7-3-2-4-8-15)26-20(27-28)19-9-5-6-12-24-19/h2-13H,14,23H2,1H3,(H,25,26,27). The van der Waals surface area contributed by atoms with Crippen molar-refractivity contribution in [2.75, 3.05) is 18.2 Å². The number of carbonyl (C=O) groups is 1. The molecule has 8 heteroatoms. The first-order valence-electron chi connectivity index (χ1n) is 9.30. The maximum absolute atomic E-state index is 13.2. The van der Waals surface area contributed by atoms with Crippen molar-refractivity contribution in [1.29, 1.82) is 0 Å². The fourth-order valence-corrected chi connectivity index (χ4v) is 2.93. The van der Waals surface area contributed by atoms with Crippen molar-refractivity contribution in [2.24, 2.45) is 0 Å². The number of anilines is 2. The number of pyridine rings is 1. The maximum Gasteiger partial charge on any atom is 0.283 e. The molecular weight excluding hydrogens is 380 g/mol. The van der Waals surface area contributed by atoms with Crippen LogP contribution in [0.4, 0.5) is 11.6 Å². The largest absolute Gasteiger partial charge is 0.497 e. The SMILES string of the molecule is COc1ccc(C(=O)n2nc(-c3ccccn3)nc2NCc2ccccc2)c(N)c1. The van der Waals surface area contributed by atoms with Crippen molar-refractivity contribution in [2.45, 2.75) is 6.54 Å². The van der Waals surface area contributed by atoms with Crippen LogP contribution in [0.5, 0.6) is 5.75 Å². The van der Waals surface area contributed by atoms with Gasteiger partial charge in [0, 0.05) is 24.5 Å². The van der Waals surface area contributed by atoms with Crippen LogP contribution in [0.3, 0.4) is 0 Å². The molecule has 0 aliphatic rings. The molecular formula is C22H20N6O2. The van der Waals surface area contributed by atoms with Crippen LogP contribution < -0.4 is 15.8 Å². The van der Waals surface area contributed by atoms with Crippen LogP contribution in [0.1, 0.15) is 15.9 Å². The van der Waals surface area contributed by atoms with Gasteiger partial charge < -0.3 is 15.8 Å². The quantitative estimate of drug-likeness (QED) is 0.478. The molecule has 0 fully saturated rings. The molecule has 0 bridgehead atoms. The summed E-state index contributed by atoms with van der Waals surface area (Å²) in [6.07, 6.45) is 1.65. The molecule has 2 heterocycles. The number of nitrogens with one attached hydrogen (secondary N) is 1. The molecule has 0 radical (unpaired) electrons. The maximum atomic E-state index is 13.2. The Bertz CT molecular complexity index is 1160. The van der Waals surface area contributed by atoms with E-state index in [4.69, 9.17) is 10.5 Å². The predicted molar refractivity (Wildman–Crippen MR) is 114 cm³/mol. The number of rotatable bonds is 6. The van der Waals surface area contributed by atoms with Crippen LogP contribution in [0, 0.1) is 0 Å². The summed E-state index contributed by atoms with van der Waals surface area (Å²) in [5.41, 5.74) is 8.28. The lowest BCUT2D eigenvalue weighted by atomic mass is 10.1. The van der Waals surface area contributed by atoms with Gasteiger partial charge in [-0.2, -0.15) is 9.67 Å². The Labute approximate surface area is 173 Å². The lowest BCUT2D eigenvalue weighted by Gasteiger charge is -2.10. The molecule has 150 valence electrons. The van der Waals surface area contributed by atoms with Crippen LogP contribution in [-0.2, 0) is 6.54 Å². The van der Waals surface area contributed by atoms with E-state index in [1.165, 1.54) is 4.68 Å². The highest BCUT2D eigenvalue weighted by Crippen LogP contribution is 2.23. The molecule has 0 saturated heterocycles. The first-order chi connectivity index (χ1) is 14.7. The highest BCUT2D eigenvalue weighted by Gasteiger charge is 2.21. The summed E-state index contributed by atoms with van der Waals surface area (Å²) in [6, 6.07) is 20.1. The normalized spacial score (nSPS) is 10.6. The van der Waals surface area contributed by atoms with Gasteiger partial charge in [0.1, 0.15) is 11.4 Å². The predicted octanol–water partition coefficient (Wildman–Crippen LogP) is 3.23. The Morgan fingerprint density at radius 3 is 2.60 bits per heavy atom. The summed E-state index contributed by atoms with van der Waals surface area (Å²) < 4.78 is 6.38. The van der Waals surface area contributed by atoms with Crippen molar-refractivity contribution < 1.29 is 9.53 Å². The molecule has 0 amide bonds. The second-order valence-electron chi connectivity index (χ2n) is 6.48. The fraction of sp³-hybridized carbons (Fsp3) is 0.0909. The van der Waals surface area contributed by atoms with E-state index in [0.29, 0.717) is 41.0 Å². The number of aromatic nitrogens is 4. The Balaban J connectivity index is 1.71. The van der Waals surface area contributed by atoms with Crippen molar-refractivity contribution in [1.82, 2.24) is 19.7 Å². The summed E-state index contributed by atoms with van der Waals surface area (Å²) in [6.45, 7) is 0.479. The minimum absolute atomic E-state index is 0.295. The number of nitrogens with zero attached hydrogens (tertiary/aromatic N) is 4. The number of nitrogens with two attached hydrogens (primary N) is 1. The van der Waals surface area contributed by atoms with E-state index in [2.05, 4.69) is 20.4 Å². The fourth-order valence-electron chi connectivity index (χ4n) is 2.93. The molecule has 0 atom stereocenters. The second kappa shape index (κ2) is 8.44. The molecule has 4 aromatic rings. The first-order valence-corrected chi connectivity index (χ1v) is 9.30. The van der Waals surface area contributed by atoms with E-state index in [0.717, 1.165) is 5.56 Å². The van der Waals surface area contributed by atoms with E-state index in [-0.39, 0.29) is 0 Å². The zero-order valence-corrected chi connectivity index (χ0v) is 16.3. The number of carbonyl (C=O) groups excluding carboxylic acids is 1. The number of benzene rings is 2. The van der Waals surface area contributed by atoms with Crippen molar-refractivity contribution in [3.8, 4) is 17.3 Å². The Morgan fingerprint density at radius 2 is 1.90 bits per heavy atom. The molecule has 0 aliphatic heterocycles. The number of hydrogen-bond acceptors (Lipinski definition) is 7. The van der Waals surface area contributed by atoms with Crippen LogP contribution in [0.25, 0.3) is 11.5 Å². The lowest BCUT2D eigenvalue weighted by molar-refractivity contribution is 0.0948. The van der Waals surface area contributed by atoms with Gasteiger partial charge in [-0.25, -0.2) is 0 Å². The van der Waals surface area contributed by atoms with Crippen LogP contribution >= 0.6 is 0 Å². The van der Waals surface area contributed by atoms with Gasteiger partial charge in [-0.1, -0.05) is 36.4 Å². The molecule has 0 saturated carbocycles. The summed E-state index contributed by atoms with van der Waals surface area (Å²) in [4.78, 5) is 22.0. The van der Waals surface area contributed by atoms with E-state index in [9.17, 15) is 4.79 Å². The second-order valence-corrected chi connectivity index (χ2v) is 6.48. The Kier molecular flexibility index (Phi) is 5.38. The molecule has 2 aromatic carbocycles. The van der Waals surface area contributed by atoms with Gasteiger partial charge in [-0.3, -0.25) is 9.78 Å². The van der Waals surface area contributed by atoms with Crippen LogP contribution in [-0.4, -0.2) is 32.8 Å². The van der Waals surface area contributed by atoms with E-state index >= 15 is 0 Å². The van der Waals surface area contributed by atoms with Gasteiger partial charge in [-0.05, 0) is 29.8 Å². The molecule has 2 aromatic heterocycles. The number of methoxy groups -OCH3 is 1. The van der Waals surface area contributed by atoms with Gasteiger partial charge >= 0.3 is 0 Å². The van der Waals surface area contributed by atoms with Crippen molar-refractivity contribution >= 4 is 17.5 Å². The van der Waals surface area contributed by atoms with Gasteiger partial charge in [0.25, 0.3) is 5.91 Å². The number of hydrogen-bond donors (Lipinski definition) is 2. The van der Waals surface area contributed by atoms with E-state index < -0.39 is 5.91 Å². The molecule has 0 spiro atoms. The van der Waals surface area contributed by atoms with Gasteiger partial charge in [0.2, 0.25) is 11.8 Å². The third kappa shape index (κ3) is 3.97. The third-order valence-electron chi connectivity index (χ3n) is 4.48. The summed E-state index contributed by atoms with van der Waals surface area (Å²) in [7, 11) is 1.54. The summed E-state index contributed by atoms with van der Waals surface area (Å²) >= 11 is 0. The molecule has 3 N–H and O–H groups in total. The zero-order valence-electron chi connectivity index (χ0n) is 16.3. The molecule has 0 aliphatic carbocycles. The van der Waals surface area contributed by atoms with Gasteiger partial charge in [-0.15, -0.1) is 5.10 Å². The molecule has 4 rings (SSSR count). The van der Waals surface area contributed by atoms with Crippen LogP contribution in [0.2, 0.25) is 0 Å². The molecule has 8 nitrogen and oxygen atoms in total. The van der Waals surface area contributed by atoms with Gasteiger partial charge in [0.15, 0.2) is 0 Å². The number of nitrogen functional groups attached to an aromatic ring is 1. The average molecular weight is 400 g/mol. The summed E-state index contributed by atoms with van der Waals surface area (Å²) in [5.74, 6) is 0.811. The average Bonchev–Trinajstić information content (AvgIpc) is 3.23. The molecule has 30 heavy (non-hydrogen) atoms. The van der Waals surface area contributed by atoms with Crippen LogP contribution in [0.15, 0.2) is 72.9 Å². The Hall–Kier alpha value is -4.20. The third-order valence-corrected chi connectivity index (χ3v) is 4.48. The monoisotopic (exact) mass is 400 g/mol. The topological polar surface area (TPSA) is 108 Å². The van der Waals surface area contributed by atoms with E-state index in [1.807, 2.05) is 36.4 Å². The minimum atomic E-state index is -0.402. The highest BCUT2D eigenvalue weighted by atomic mass is 16.5. The summed E-state index contributed by atoms with van der Waals surface area (Å²) in [5, 5.41) is 7.58. The molecule has 0 unspecified atom stereocenters. The first kappa shape index (κ1) is 19.1.